The minimum atomic E-state index is -0.423. The smallest absolute Gasteiger partial charge is 0.319 e. The topological polar surface area (TPSA) is 26.3 Å². The van der Waals surface area contributed by atoms with Gasteiger partial charge in [0.2, 0.25) is 0 Å². The number of ether oxygens (including phenoxy) is 1. The van der Waals surface area contributed by atoms with Crippen LogP contribution in [0.25, 0.3) is 0 Å². The lowest BCUT2D eigenvalue weighted by Gasteiger charge is -2.22. The fourth-order valence-electron chi connectivity index (χ4n) is 1.57. The van der Waals surface area contributed by atoms with E-state index in [-0.39, 0.29) is 11.2 Å². The molecule has 2 nitrogen and oxygen atoms in total. The Balaban J connectivity index is 2.61. The maximum atomic E-state index is 11.9. The summed E-state index contributed by atoms with van der Waals surface area (Å²) >= 11 is 1.54. The highest BCUT2D eigenvalue weighted by Gasteiger charge is 2.22. The van der Waals surface area contributed by atoms with Gasteiger partial charge in [0.1, 0.15) is 10.9 Å². The number of benzene rings is 1. The number of hydrogen-bond donors (Lipinski definition) is 0. The summed E-state index contributed by atoms with van der Waals surface area (Å²) in [6.45, 7) is 11.9. The highest BCUT2D eigenvalue weighted by atomic mass is 32.2. The van der Waals surface area contributed by atoms with E-state index in [0.29, 0.717) is 5.92 Å². The Morgan fingerprint density at radius 1 is 1.11 bits per heavy atom. The summed E-state index contributed by atoms with van der Waals surface area (Å²) < 4.78 is 5.37. The number of rotatable bonds is 4. The molecule has 1 rings (SSSR count). The molecule has 0 radical (unpaired) electrons. The highest BCUT2D eigenvalue weighted by Crippen LogP contribution is 2.27. The van der Waals surface area contributed by atoms with Crippen molar-refractivity contribution >= 4 is 17.7 Å². The van der Waals surface area contributed by atoms with Gasteiger partial charge in [-0.2, -0.15) is 0 Å². The first-order valence-corrected chi connectivity index (χ1v) is 7.56. The number of carbonyl (C=O) groups is 1. The van der Waals surface area contributed by atoms with Crippen LogP contribution < -0.4 is 0 Å². The molecule has 0 saturated carbocycles. The molecular formula is C16H24O2S. The van der Waals surface area contributed by atoms with Gasteiger partial charge in [0.05, 0.1) is 0 Å². The maximum Gasteiger partial charge on any atom is 0.319 e. The van der Waals surface area contributed by atoms with Gasteiger partial charge in [-0.05, 0) is 51.3 Å². The Hall–Kier alpha value is -0.960. The van der Waals surface area contributed by atoms with E-state index in [1.165, 1.54) is 17.3 Å². The first-order valence-electron chi connectivity index (χ1n) is 6.68. The van der Waals surface area contributed by atoms with Crippen molar-refractivity contribution in [1.82, 2.24) is 0 Å². The molecule has 1 aromatic rings. The first-order chi connectivity index (χ1) is 8.69. The summed E-state index contributed by atoms with van der Waals surface area (Å²) in [6.07, 6.45) is 0. The molecule has 0 amide bonds. The van der Waals surface area contributed by atoms with E-state index < -0.39 is 5.60 Å². The molecule has 3 heteroatoms. The van der Waals surface area contributed by atoms with Crippen LogP contribution in [0.1, 0.15) is 53.0 Å². The summed E-state index contributed by atoms with van der Waals surface area (Å²) in [5.41, 5.74) is 0.891. The Morgan fingerprint density at radius 2 is 1.63 bits per heavy atom. The van der Waals surface area contributed by atoms with E-state index in [2.05, 4.69) is 38.1 Å². The largest absolute Gasteiger partial charge is 0.459 e. The van der Waals surface area contributed by atoms with Gasteiger partial charge in [0.25, 0.3) is 0 Å². The van der Waals surface area contributed by atoms with Crippen molar-refractivity contribution in [3.8, 4) is 0 Å². The quantitative estimate of drug-likeness (QED) is 0.594. The van der Waals surface area contributed by atoms with Crippen molar-refractivity contribution in [3.63, 3.8) is 0 Å². The average molecular weight is 280 g/mol. The van der Waals surface area contributed by atoms with Crippen molar-refractivity contribution in [2.45, 2.75) is 63.2 Å². The molecular weight excluding hydrogens is 256 g/mol. The van der Waals surface area contributed by atoms with Crippen LogP contribution in [0.5, 0.6) is 0 Å². The molecule has 1 aromatic carbocycles. The predicted octanol–water partition coefficient (Wildman–Crippen LogP) is 4.63. The summed E-state index contributed by atoms with van der Waals surface area (Å²) in [5, 5.41) is -0.191. The van der Waals surface area contributed by atoms with Crippen LogP contribution in [-0.2, 0) is 9.53 Å². The van der Waals surface area contributed by atoms with E-state index in [4.69, 9.17) is 4.74 Å². The van der Waals surface area contributed by atoms with Crippen molar-refractivity contribution in [1.29, 1.82) is 0 Å². The van der Waals surface area contributed by atoms with Gasteiger partial charge in [-0.15, -0.1) is 11.8 Å². The Morgan fingerprint density at radius 3 is 2.05 bits per heavy atom. The van der Waals surface area contributed by atoms with Gasteiger partial charge in [-0.1, -0.05) is 26.0 Å². The molecule has 0 spiro atoms. The van der Waals surface area contributed by atoms with Gasteiger partial charge >= 0.3 is 5.97 Å². The molecule has 0 aliphatic carbocycles. The summed E-state index contributed by atoms with van der Waals surface area (Å²) in [4.78, 5) is 13.0. The van der Waals surface area contributed by atoms with Gasteiger partial charge in [0, 0.05) is 4.90 Å². The molecule has 0 heterocycles. The van der Waals surface area contributed by atoms with E-state index >= 15 is 0 Å². The minimum Gasteiger partial charge on any atom is -0.459 e. The number of hydrogen-bond acceptors (Lipinski definition) is 3. The molecule has 0 bridgehead atoms. The van der Waals surface area contributed by atoms with Crippen molar-refractivity contribution in [2.75, 3.05) is 0 Å². The van der Waals surface area contributed by atoms with Crippen molar-refractivity contribution in [3.05, 3.63) is 29.8 Å². The molecule has 0 fully saturated rings. The average Bonchev–Trinajstić information content (AvgIpc) is 2.27. The van der Waals surface area contributed by atoms with E-state index in [1.807, 2.05) is 27.7 Å². The standard InChI is InChI=1S/C16H24O2S/c1-11(2)13-7-9-14(10-8-13)19-12(3)15(17)18-16(4,5)6/h7-12H,1-6H3. The van der Waals surface area contributed by atoms with Gasteiger partial charge in [-0.25, -0.2) is 0 Å². The lowest BCUT2D eigenvalue weighted by molar-refractivity contribution is -0.153. The fraction of sp³-hybridized carbons (Fsp3) is 0.562. The second-order valence-corrected chi connectivity index (χ2v) is 7.43. The lowest BCUT2D eigenvalue weighted by atomic mass is 10.0. The summed E-state index contributed by atoms with van der Waals surface area (Å²) in [6, 6.07) is 8.38. The van der Waals surface area contributed by atoms with Gasteiger partial charge in [-0.3, -0.25) is 4.79 Å². The molecule has 0 aliphatic heterocycles. The SMILES string of the molecule is CC(Sc1ccc(C(C)C)cc1)C(=O)OC(C)(C)C. The monoisotopic (exact) mass is 280 g/mol. The van der Waals surface area contributed by atoms with Crippen LogP contribution in [0.3, 0.4) is 0 Å². The van der Waals surface area contributed by atoms with E-state index in [1.54, 1.807) is 0 Å². The Labute approximate surface area is 120 Å². The van der Waals surface area contributed by atoms with Crippen LogP contribution in [-0.4, -0.2) is 16.8 Å². The minimum absolute atomic E-state index is 0.162. The summed E-state index contributed by atoms with van der Waals surface area (Å²) in [7, 11) is 0. The van der Waals surface area contributed by atoms with Crippen molar-refractivity contribution in [2.24, 2.45) is 0 Å². The van der Waals surface area contributed by atoms with Crippen molar-refractivity contribution < 1.29 is 9.53 Å². The van der Waals surface area contributed by atoms with Crippen LogP contribution in [0.4, 0.5) is 0 Å². The molecule has 19 heavy (non-hydrogen) atoms. The highest BCUT2D eigenvalue weighted by molar-refractivity contribution is 8.00. The third kappa shape index (κ3) is 5.68. The zero-order chi connectivity index (χ0) is 14.6. The Bertz CT molecular complexity index is 415. The number of thioether (sulfide) groups is 1. The second kappa shape index (κ2) is 6.47. The first kappa shape index (κ1) is 16.1. The third-order valence-corrected chi connectivity index (χ3v) is 3.69. The molecule has 1 unspecified atom stereocenters. The van der Waals surface area contributed by atoms with E-state index in [0.717, 1.165) is 4.90 Å². The molecule has 0 N–H and O–H groups in total. The van der Waals surface area contributed by atoms with Gasteiger partial charge in [0.15, 0.2) is 0 Å². The third-order valence-electron chi connectivity index (χ3n) is 2.60. The zero-order valence-electron chi connectivity index (χ0n) is 12.7. The zero-order valence-corrected chi connectivity index (χ0v) is 13.5. The van der Waals surface area contributed by atoms with Crippen LogP contribution in [0.15, 0.2) is 29.2 Å². The number of carbonyl (C=O) groups excluding carboxylic acids is 1. The summed E-state index contributed by atoms with van der Waals surface area (Å²) in [5.74, 6) is 0.368. The molecule has 0 aromatic heterocycles. The maximum absolute atomic E-state index is 11.9. The predicted molar refractivity (Wildman–Crippen MR) is 81.7 cm³/mol. The van der Waals surface area contributed by atoms with E-state index in [9.17, 15) is 4.79 Å². The molecule has 106 valence electrons. The fourth-order valence-corrected chi connectivity index (χ4v) is 2.41. The second-order valence-electron chi connectivity index (χ2n) is 6.02. The van der Waals surface area contributed by atoms with Crippen LogP contribution >= 0.6 is 11.8 Å². The molecule has 0 aliphatic rings. The lowest BCUT2D eigenvalue weighted by Crippen LogP contribution is -2.28. The van der Waals surface area contributed by atoms with Gasteiger partial charge < -0.3 is 4.74 Å². The number of esters is 1. The normalized spacial score (nSPS) is 13.4. The van der Waals surface area contributed by atoms with Crippen LogP contribution in [0.2, 0.25) is 0 Å². The molecule has 0 saturated heterocycles. The van der Waals surface area contributed by atoms with Crippen LogP contribution in [0, 0.1) is 0 Å². The Kier molecular flexibility index (Phi) is 5.48. The molecule has 1 atom stereocenters.